The molecule has 2 heterocycles. The van der Waals surface area contributed by atoms with E-state index in [-0.39, 0.29) is 16.3 Å². The lowest BCUT2D eigenvalue weighted by Crippen LogP contribution is -2.19. The minimum atomic E-state index is -0.564. The number of rotatable bonds is 4. The topological polar surface area (TPSA) is 77.1 Å². The number of amides is 1. The normalized spacial score (nSPS) is 11.3. The summed E-state index contributed by atoms with van der Waals surface area (Å²) in [4.78, 5) is 11.9. The Bertz CT molecular complexity index is 705. The maximum Gasteiger partial charge on any atom is 0.293 e. The first kappa shape index (κ1) is 15.2. The van der Waals surface area contributed by atoms with Crippen molar-refractivity contribution in [1.29, 1.82) is 0 Å². The van der Waals surface area contributed by atoms with Crippen LogP contribution in [0.25, 0.3) is 0 Å². The fraction of sp³-hybridized carbons (Fsp3) is 0.333. The van der Waals surface area contributed by atoms with E-state index < -0.39 is 11.9 Å². The maximum absolute atomic E-state index is 13.6. The van der Waals surface area contributed by atoms with Crippen LogP contribution in [0.3, 0.4) is 0 Å². The summed E-state index contributed by atoms with van der Waals surface area (Å²) in [5.74, 6) is -1.09. The van der Waals surface area contributed by atoms with Crippen molar-refractivity contribution in [2.45, 2.75) is 20.4 Å². The number of aromatic nitrogens is 4. The van der Waals surface area contributed by atoms with Crippen molar-refractivity contribution in [3.63, 3.8) is 0 Å². The molecule has 112 valence electrons. The van der Waals surface area contributed by atoms with Crippen LogP contribution in [0.15, 0.2) is 11.3 Å². The van der Waals surface area contributed by atoms with Crippen LogP contribution < -0.4 is 5.43 Å². The first-order valence-corrected chi connectivity index (χ1v) is 6.57. The van der Waals surface area contributed by atoms with Gasteiger partial charge in [-0.3, -0.25) is 9.48 Å². The highest BCUT2D eigenvalue weighted by Gasteiger charge is 2.15. The molecule has 21 heavy (non-hydrogen) atoms. The number of nitrogens with zero attached hydrogens (tertiary/aromatic N) is 5. The van der Waals surface area contributed by atoms with Gasteiger partial charge in [0, 0.05) is 19.8 Å². The molecule has 7 nitrogen and oxygen atoms in total. The standard InChI is InChI=1S/C12H14ClFN6O/c1-4-20-6-9(13)10(18-20)12(21)16-15-5-8-7(2)17-19(3)11(8)14/h5-6H,4H2,1-3H3,(H,16,21). The van der Waals surface area contributed by atoms with Gasteiger partial charge >= 0.3 is 0 Å². The predicted molar refractivity (Wildman–Crippen MR) is 75.9 cm³/mol. The molecule has 0 aromatic carbocycles. The van der Waals surface area contributed by atoms with E-state index in [1.54, 1.807) is 13.1 Å². The molecule has 0 aliphatic carbocycles. The Labute approximate surface area is 125 Å². The lowest BCUT2D eigenvalue weighted by atomic mass is 10.3. The SMILES string of the molecule is CCn1cc(Cl)c(C(=O)NN=Cc2c(C)nn(C)c2F)n1. The van der Waals surface area contributed by atoms with Crippen molar-refractivity contribution in [1.82, 2.24) is 25.0 Å². The van der Waals surface area contributed by atoms with E-state index in [1.165, 1.54) is 17.9 Å². The molecular formula is C12H14ClFN6O. The molecule has 2 rings (SSSR count). The van der Waals surface area contributed by atoms with Crippen molar-refractivity contribution in [3.8, 4) is 0 Å². The van der Waals surface area contributed by atoms with Gasteiger partial charge in [0.2, 0.25) is 5.95 Å². The van der Waals surface area contributed by atoms with E-state index in [1.807, 2.05) is 6.92 Å². The van der Waals surface area contributed by atoms with Gasteiger partial charge in [-0.25, -0.2) is 10.1 Å². The monoisotopic (exact) mass is 312 g/mol. The van der Waals surface area contributed by atoms with Crippen molar-refractivity contribution >= 4 is 23.7 Å². The average Bonchev–Trinajstić information content (AvgIpc) is 2.93. The van der Waals surface area contributed by atoms with Crippen molar-refractivity contribution in [2.24, 2.45) is 12.1 Å². The molecule has 2 aromatic heterocycles. The van der Waals surface area contributed by atoms with Gasteiger partial charge in [0.05, 0.1) is 22.5 Å². The number of aryl methyl sites for hydroxylation is 3. The summed E-state index contributed by atoms with van der Waals surface area (Å²) in [6, 6.07) is 0. The van der Waals surface area contributed by atoms with Gasteiger partial charge < -0.3 is 0 Å². The lowest BCUT2D eigenvalue weighted by molar-refractivity contribution is 0.0949. The van der Waals surface area contributed by atoms with Gasteiger partial charge in [-0.15, -0.1) is 0 Å². The molecule has 0 bridgehead atoms. The van der Waals surface area contributed by atoms with Crippen LogP contribution in [-0.4, -0.2) is 31.7 Å². The van der Waals surface area contributed by atoms with Crippen LogP contribution in [0, 0.1) is 12.9 Å². The fourth-order valence-electron chi connectivity index (χ4n) is 1.71. The Morgan fingerprint density at radius 3 is 2.81 bits per heavy atom. The van der Waals surface area contributed by atoms with Gasteiger partial charge in [0.15, 0.2) is 5.69 Å². The molecule has 1 amide bonds. The second-order valence-electron chi connectivity index (χ2n) is 4.29. The molecule has 2 aromatic rings. The molecule has 0 spiro atoms. The van der Waals surface area contributed by atoms with Crippen molar-refractivity contribution < 1.29 is 9.18 Å². The van der Waals surface area contributed by atoms with E-state index in [0.29, 0.717) is 12.2 Å². The number of halogens is 2. The Balaban J connectivity index is 2.10. The number of carbonyl (C=O) groups is 1. The first-order chi connectivity index (χ1) is 9.93. The molecule has 1 N–H and O–H groups in total. The summed E-state index contributed by atoms with van der Waals surface area (Å²) in [6.45, 7) is 4.11. The minimum Gasteiger partial charge on any atom is -0.271 e. The smallest absolute Gasteiger partial charge is 0.271 e. The summed E-state index contributed by atoms with van der Waals surface area (Å²) in [5, 5.41) is 11.8. The van der Waals surface area contributed by atoms with Crippen LogP contribution in [0.1, 0.15) is 28.7 Å². The molecule has 0 saturated heterocycles. The molecule has 0 unspecified atom stereocenters. The highest BCUT2D eigenvalue weighted by atomic mass is 35.5. The van der Waals surface area contributed by atoms with Crippen LogP contribution >= 0.6 is 11.6 Å². The number of hydrogen-bond acceptors (Lipinski definition) is 4. The molecule has 0 atom stereocenters. The third-order valence-electron chi connectivity index (χ3n) is 2.81. The number of hydrogen-bond donors (Lipinski definition) is 1. The molecule has 0 fully saturated rings. The quantitative estimate of drug-likeness (QED) is 0.686. The lowest BCUT2D eigenvalue weighted by Gasteiger charge is -1.96. The summed E-state index contributed by atoms with van der Waals surface area (Å²) in [5.41, 5.74) is 3.01. The van der Waals surface area contributed by atoms with Crippen LogP contribution in [0.5, 0.6) is 0 Å². The highest BCUT2D eigenvalue weighted by Crippen LogP contribution is 2.13. The van der Waals surface area contributed by atoms with Crippen LogP contribution in [-0.2, 0) is 13.6 Å². The Kier molecular flexibility index (Phi) is 4.37. The van der Waals surface area contributed by atoms with Crippen LogP contribution in [0.4, 0.5) is 4.39 Å². The third kappa shape index (κ3) is 3.10. The highest BCUT2D eigenvalue weighted by molar-refractivity contribution is 6.33. The summed E-state index contributed by atoms with van der Waals surface area (Å²) >= 11 is 5.90. The van der Waals surface area contributed by atoms with E-state index in [9.17, 15) is 9.18 Å². The zero-order valence-electron chi connectivity index (χ0n) is 11.8. The summed E-state index contributed by atoms with van der Waals surface area (Å²) in [7, 11) is 1.48. The zero-order valence-corrected chi connectivity index (χ0v) is 12.5. The molecule has 9 heteroatoms. The Morgan fingerprint density at radius 2 is 2.29 bits per heavy atom. The van der Waals surface area contributed by atoms with Crippen molar-refractivity contribution in [3.05, 3.63) is 34.1 Å². The molecule has 0 aliphatic rings. The Morgan fingerprint density at radius 1 is 1.57 bits per heavy atom. The second-order valence-corrected chi connectivity index (χ2v) is 4.70. The third-order valence-corrected chi connectivity index (χ3v) is 3.09. The Hall–Kier alpha value is -2.22. The summed E-state index contributed by atoms with van der Waals surface area (Å²) in [6.07, 6.45) is 2.74. The molecule has 0 radical (unpaired) electrons. The largest absolute Gasteiger partial charge is 0.293 e. The molecular weight excluding hydrogens is 299 g/mol. The van der Waals surface area contributed by atoms with E-state index in [4.69, 9.17) is 11.6 Å². The number of hydrazone groups is 1. The van der Waals surface area contributed by atoms with E-state index in [0.717, 1.165) is 4.68 Å². The van der Waals surface area contributed by atoms with E-state index >= 15 is 0 Å². The van der Waals surface area contributed by atoms with Crippen molar-refractivity contribution in [2.75, 3.05) is 0 Å². The molecule has 0 saturated carbocycles. The van der Waals surface area contributed by atoms with Gasteiger partial charge in [-0.05, 0) is 13.8 Å². The van der Waals surface area contributed by atoms with Gasteiger partial charge in [-0.2, -0.15) is 19.7 Å². The maximum atomic E-state index is 13.6. The number of carbonyl (C=O) groups excluding carboxylic acids is 1. The van der Waals surface area contributed by atoms with E-state index in [2.05, 4.69) is 20.7 Å². The van der Waals surface area contributed by atoms with Gasteiger partial charge in [0.25, 0.3) is 5.91 Å². The minimum absolute atomic E-state index is 0.0686. The van der Waals surface area contributed by atoms with Crippen LogP contribution in [0.2, 0.25) is 5.02 Å². The van der Waals surface area contributed by atoms with Gasteiger partial charge in [-0.1, -0.05) is 11.6 Å². The zero-order chi connectivity index (χ0) is 15.6. The number of nitrogens with one attached hydrogen (secondary N) is 1. The summed E-state index contributed by atoms with van der Waals surface area (Å²) < 4.78 is 16.3. The van der Waals surface area contributed by atoms with Gasteiger partial charge in [0.1, 0.15) is 0 Å². The predicted octanol–water partition coefficient (Wildman–Crippen LogP) is 1.50. The average molecular weight is 313 g/mol. The fourth-order valence-corrected chi connectivity index (χ4v) is 1.95. The molecule has 0 aliphatic heterocycles. The second kappa shape index (κ2) is 6.04. The first-order valence-electron chi connectivity index (χ1n) is 6.19.